The van der Waals surface area contributed by atoms with E-state index in [1.807, 2.05) is 30.3 Å². The molecule has 0 bridgehead atoms. The van der Waals surface area contributed by atoms with Crippen LogP contribution >= 0.6 is 11.3 Å². The van der Waals surface area contributed by atoms with Crippen LogP contribution in [0, 0.1) is 0 Å². The molecule has 3 aromatic rings. The molecule has 0 atom stereocenters. The minimum Gasteiger partial charge on any atom is -0.481 e. The van der Waals surface area contributed by atoms with E-state index in [9.17, 15) is 9.59 Å². The Morgan fingerprint density at radius 3 is 2.61 bits per heavy atom. The topological polar surface area (TPSA) is 84.4 Å². The van der Waals surface area contributed by atoms with Gasteiger partial charge < -0.3 is 10.1 Å². The van der Waals surface area contributed by atoms with Gasteiger partial charge >= 0.3 is 0 Å². The van der Waals surface area contributed by atoms with Gasteiger partial charge in [-0.1, -0.05) is 18.2 Å². The summed E-state index contributed by atoms with van der Waals surface area (Å²) in [5, 5.41) is 5.03. The molecule has 7 nitrogen and oxygen atoms in total. The summed E-state index contributed by atoms with van der Waals surface area (Å²) in [5.41, 5.74) is 1.89. The molecule has 0 aliphatic heterocycles. The van der Waals surface area contributed by atoms with Crippen LogP contribution in [0.2, 0.25) is 0 Å². The number of thiazole rings is 1. The lowest BCUT2D eigenvalue weighted by atomic mass is 10.3. The van der Waals surface area contributed by atoms with E-state index >= 15 is 0 Å². The number of anilines is 3. The fourth-order valence-corrected chi connectivity index (χ4v) is 3.23. The number of carbonyl (C=O) groups excluding carboxylic acids is 2. The minimum absolute atomic E-state index is 0.138. The first kappa shape index (κ1) is 19.2. The molecule has 1 N–H and O–H groups in total. The van der Waals surface area contributed by atoms with E-state index in [1.54, 1.807) is 23.6 Å². The summed E-state index contributed by atoms with van der Waals surface area (Å²) >= 11 is 1.33. The molecule has 28 heavy (non-hydrogen) atoms. The highest BCUT2D eigenvalue weighted by molar-refractivity contribution is 7.14. The Balaban J connectivity index is 1.69. The predicted molar refractivity (Wildman–Crippen MR) is 110 cm³/mol. The quantitative estimate of drug-likeness (QED) is 0.642. The fourth-order valence-electron chi connectivity index (χ4n) is 2.38. The average molecular weight is 394 g/mol. The van der Waals surface area contributed by atoms with Crippen LogP contribution in [0.5, 0.6) is 5.88 Å². The van der Waals surface area contributed by atoms with Gasteiger partial charge in [-0.05, 0) is 24.3 Å². The van der Waals surface area contributed by atoms with Crippen LogP contribution < -0.4 is 15.0 Å². The number of para-hydroxylation sites is 1. The lowest BCUT2D eigenvalue weighted by molar-refractivity contribution is -0.116. The zero-order chi connectivity index (χ0) is 19.9. The number of hydrogen-bond acceptors (Lipinski definition) is 6. The smallest absolute Gasteiger partial charge is 0.248 e. The first-order valence-corrected chi connectivity index (χ1v) is 9.25. The van der Waals surface area contributed by atoms with Crippen LogP contribution in [-0.4, -0.2) is 28.9 Å². The maximum absolute atomic E-state index is 12.1. The Kier molecular flexibility index (Phi) is 6.13. The molecule has 0 aliphatic carbocycles. The number of rotatable bonds is 6. The van der Waals surface area contributed by atoms with Crippen molar-refractivity contribution in [3.63, 3.8) is 0 Å². The van der Waals surface area contributed by atoms with Gasteiger partial charge in [0.2, 0.25) is 17.7 Å². The van der Waals surface area contributed by atoms with Crippen molar-refractivity contribution in [3.05, 3.63) is 65.8 Å². The molecule has 0 aliphatic rings. The molecule has 1 aromatic carbocycles. The molecule has 2 heterocycles. The van der Waals surface area contributed by atoms with Gasteiger partial charge in [-0.2, -0.15) is 0 Å². The van der Waals surface area contributed by atoms with Gasteiger partial charge in [0, 0.05) is 24.4 Å². The normalized spacial score (nSPS) is 10.6. The minimum atomic E-state index is -0.312. The lowest BCUT2D eigenvalue weighted by Crippen LogP contribution is -2.22. The van der Waals surface area contributed by atoms with Crippen LogP contribution in [0.3, 0.4) is 0 Å². The van der Waals surface area contributed by atoms with Crippen LogP contribution in [0.25, 0.3) is 6.08 Å². The Hall–Kier alpha value is -3.52. The molecule has 0 saturated carbocycles. The van der Waals surface area contributed by atoms with Crippen molar-refractivity contribution < 1.29 is 14.3 Å². The van der Waals surface area contributed by atoms with Gasteiger partial charge in [0.25, 0.3) is 0 Å². The van der Waals surface area contributed by atoms with Crippen LogP contribution in [0.15, 0.2) is 60.1 Å². The van der Waals surface area contributed by atoms with Crippen molar-refractivity contribution in [2.45, 2.75) is 6.92 Å². The van der Waals surface area contributed by atoms with Gasteiger partial charge in [0.05, 0.1) is 30.4 Å². The number of ether oxygens (including phenoxy) is 1. The maximum Gasteiger partial charge on any atom is 0.248 e. The van der Waals surface area contributed by atoms with Crippen LogP contribution in [0.1, 0.15) is 12.6 Å². The summed E-state index contributed by atoms with van der Waals surface area (Å²) in [6, 6.07) is 12.6. The third-order valence-corrected chi connectivity index (χ3v) is 4.49. The van der Waals surface area contributed by atoms with Crippen LogP contribution in [0.4, 0.5) is 16.5 Å². The standard InChI is InChI=1S/C20H18N4O3S/c1-14(25)24(17-6-4-3-5-7-17)20-23-16(13-28-20)8-10-18(26)22-15-9-11-19(27-2)21-12-15/h3-13H,1-2H3,(H,22,26)/b10-8+. The number of amides is 2. The van der Waals surface area contributed by atoms with Crippen molar-refractivity contribution in [3.8, 4) is 5.88 Å². The number of hydrogen-bond donors (Lipinski definition) is 1. The number of methoxy groups -OCH3 is 1. The number of nitrogens with one attached hydrogen (secondary N) is 1. The Labute approximate surface area is 166 Å². The maximum atomic E-state index is 12.1. The molecule has 0 saturated heterocycles. The van der Waals surface area contributed by atoms with E-state index in [0.717, 1.165) is 5.69 Å². The van der Waals surface area contributed by atoms with E-state index in [-0.39, 0.29) is 11.8 Å². The molecule has 0 unspecified atom stereocenters. The van der Waals surface area contributed by atoms with Crippen molar-refractivity contribution in [2.24, 2.45) is 0 Å². The summed E-state index contributed by atoms with van der Waals surface area (Å²) in [6.45, 7) is 1.49. The van der Waals surface area contributed by atoms with Gasteiger partial charge in [-0.3, -0.25) is 14.5 Å². The Morgan fingerprint density at radius 2 is 1.96 bits per heavy atom. The van der Waals surface area contributed by atoms with Crippen molar-refractivity contribution in [2.75, 3.05) is 17.3 Å². The number of benzene rings is 1. The van der Waals surface area contributed by atoms with Crippen molar-refractivity contribution in [1.82, 2.24) is 9.97 Å². The number of carbonyl (C=O) groups is 2. The zero-order valence-corrected chi connectivity index (χ0v) is 16.1. The number of pyridine rings is 1. The SMILES string of the molecule is COc1ccc(NC(=O)/C=C/c2csc(N(C(C)=O)c3ccccc3)n2)cn1. The summed E-state index contributed by atoms with van der Waals surface area (Å²) in [4.78, 5) is 34.1. The summed E-state index contributed by atoms with van der Waals surface area (Å²) in [6.07, 6.45) is 4.48. The Bertz CT molecular complexity index is 984. The van der Waals surface area contributed by atoms with E-state index in [4.69, 9.17) is 4.74 Å². The summed E-state index contributed by atoms with van der Waals surface area (Å²) < 4.78 is 4.98. The molecule has 3 rings (SSSR count). The second-order valence-corrected chi connectivity index (χ2v) is 6.49. The Morgan fingerprint density at radius 1 is 1.18 bits per heavy atom. The molecule has 0 radical (unpaired) electrons. The third-order valence-electron chi connectivity index (χ3n) is 3.65. The number of aromatic nitrogens is 2. The van der Waals surface area contributed by atoms with Crippen molar-refractivity contribution >= 4 is 45.7 Å². The van der Waals surface area contributed by atoms with E-state index in [2.05, 4.69) is 15.3 Å². The molecule has 2 amide bonds. The number of nitrogens with zero attached hydrogens (tertiary/aromatic N) is 3. The highest BCUT2D eigenvalue weighted by atomic mass is 32.1. The van der Waals surface area contributed by atoms with Gasteiger partial charge in [-0.25, -0.2) is 9.97 Å². The molecular formula is C20H18N4O3S. The van der Waals surface area contributed by atoms with Crippen LogP contribution in [-0.2, 0) is 9.59 Å². The fraction of sp³-hybridized carbons (Fsp3) is 0.100. The van der Waals surface area contributed by atoms with Gasteiger partial charge in [-0.15, -0.1) is 11.3 Å². The molecule has 0 fully saturated rings. The van der Waals surface area contributed by atoms with Crippen molar-refractivity contribution in [1.29, 1.82) is 0 Å². The predicted octanol–water partition coefficient (Wildman–Crippen LogP) is 3.88. The monoisotopic (exact) mass is 394 g/mol. The zero-order valence-electron chi connectivity index (χ0n) is 15.3. The first-order valence-electron chi connectivity index (χ1n) is 8.37. The molecular weight excluding hydrogens is 376 g/mol. The van der Waals surface area contributed by atoms with Gasteiger partial charge in [0.1, 0.15) is 0 Å². The first-order chi connectivity index (χ1) is 13.6. The highest BCUT2D eigenvalue weighted by Gasteiger charge is 2.17. The van der Waals surface area contributed by atoms with E-state index < -0.39 is 0 Å². The summed E-state index contributed by atoms with van der Waals surface area (Å²) in [5.74, 6) is 0.0193. The third kappa shape index (κ3) is 4.80. The highest BCUT2D eigenvalue weighted by Crippen LogP contribution is 2.29. The van der Waals surface area contributed by atoms with Gasteiger partial charge in [0.15, 0.2) is 5.13 Å². The second-order valence-electron chi connectivity index (χ2n) is 5.66. The van der Waals surface area contributed by atoms with E-state index in [1.165, 1.54) is 42.5 Å². The molecule has 2 aromatic heterocycles. The van der Waals surface area contributed by atoms with E-state index in [0.29, 0.717) is 22.4 Å². The lowest BCUT2D eigenvalue weighted by Gasteiger charge is -2.17. The molecule has 8 heteroatoms. The summed E-state index contributed by atoms with van der Waals surface area (Å²) in [7, 11) is 1.52. The second kappa shape index (κ2) is 8.92. The molecule has 142 valence electrons. The molecule has 0 spiro atoms. The average Bonchev–Trinajstić information content (AvgIpc) is 3.16. The largest absolute Gasteiger partial charge is 0.481 e.